The fourth-order valence-corrected chi connectivity index (χ4v) is 2.90. The van der Waals surface area contributed by atoms with Gasteiger partial charge in [0.2, 0.25) is 0 Å². The Labute approximate surface area is 152 Å². The summed E-state index contributed by atoms with van der Waals surface area (Å²) in [6.07, 6.45) is 0.463. The zero-order valence-corrected chi connectivity index (χ0v) is 15.4. The minimum Gasteiger partial charge on any atom is -0.481 e. The Bertz CT molecular complexity index is 786. The van der Waals surface area contributed by atoms with Crippen molar-refractivity contribution in [3.05, 3.63) is 51.8 Å². The Kier molecular flexibility index (Phi) is 6.20. The highest BCUT2D eigenvalue weighted by molar-refractivity contribution is 6.31. The van der Waals surface area contributed by atoms with E-state index in [9.17, 15) is 9.59 Å². The Hall–Kier alpha value is -2.34. The molecule has 0 aliphatic carbocycles. The number of aryl methyl sites for hydroxylation is 1. The summed E-state index contributed by atoms with van der Waals surface area (Å²) in [6, 6.07) is 7.53. The predicted molar refractivity (Wildman–Crippen MR) is 96.1 cm³/mol. The number of aromatic nitrogens is 2. The first-order valence-electron chi connectivity index (χ1n) is 8.06. The van der Waals surface area contributed by atoms with Crippen molar-refractivity contribution in [1.29, 1.82) is 0 Å². The van der Waals surface area contributed by atoms with Crippen molar-refractivity contribution >= 4 is 23.5 Å². The molecule has 0 aliphatic rings. The lowest BCUT2D eigenvalue weighted by Crippen LogP contribution is -2.29. The van der Waals surface area contributed by atoms with Crippen LogP contribution in [0, 0.1) is 13.8 Å². The average molecular weight is 364 g/mol. The van der Waals surface area contributed by atoms with Gasteiger partial charge in [-0.15, -0.1) is 0 Å². The maximum atomic E-state index is 12.7. The van der Waals surface area contributed by atoms with E-state index in [1.807, 2.05) is 31.2 Å². The van der Waals surface area contributed by atoms with Gasteiger partial charge in [-0.1, -0.05) is 29.8 Å². The standard InChI is InChI=1S/C18H22ClN3O3/c1-12-17(18(25)21(3)10-6-9-16(23)24)13(2)22(20-12)11-14-7-4-5-8-15(14)19/h4-5,7-8H,6,9-11H2,1-3H3,(H,23,24). The van der Waals surface area contributed by atoms with Crippen LogP contribution in [-0.4, -0.2) is 45.3 Å². The number of hydrogen-bond donors (Lipinski definition) is 1. The third kappa shape index (κ3) is 4.60. The Balaban J connectivity index is 2.17. The largest absolute Gasteiger partial charge is 0.481 e. The van der Waals surface area contributed by atoms with E-state index in [-0.39, 0.29) is 12.3 Å². The zero-order valence-electron chi connectivity index (χ0n) is 14.6. The van der Waals surface area contributed by atoms with E-state index in [0.717, 1.165) is 11.3 Å². The zero-order chi connectivity index (χ0) is 18.6. The monoisotopic (exact) mass is 363 g/mol. The maximum absolute atomic E-state index is 12.7. The van der Waals surface area contributed by atoms with Crippen LogP contribution in [0.4, 0.5) is 0 Å². The Morgan fingerprint density at radius 1 is 1.28 bits per heavy atom. The van der Waals surface area contributed by atoms with Gasteiger partial charge in [-0.3, -0.25) is 14.3 Å². The molecule has 1 aromatic carbocycles. The van der Waals surface area contributed by atoms with Crippen LogP contribution < -0.4 is 0 Å². The van der Waals surface area contributed by atoms with Crippen molar-refractivity contribution in [1.82, 2.24) is 14.7 Å². The van der Waals surface area contributed by atoms with Gasteiger partial charge in [0.05, 0.1) is 17.8 Å². The second kappa shape index (κ2) is 8.16. The normalized spacial score (nSPS) is 10.7. The van der Waals surface area contributed by atoms with Crippen LogP contribution in [0.2, 0.25) is 5.02 Å². The molecule has 25 heavy (non-hydrogen) atoms. The van der Waals surface area contributed by atoms with Crippen LogP contribution in [-0.2, 0) is 11.3 Å². The van der Waals surface area contributed by atoms with Crippen molar-refractivity contribution in [2.45, 2.75) is 33.2 Å². The first-order chi connectivity index (χ1) is 11.8. The molecule has 0 saturated carbocycles. The molecule has 0 radical (unpaired) electrons. The van der Waals surface area contributed by atoms with Gasteiger partial charge in [0.25, 0.3) is 5.91 Å². The molecule has 7 heteroatoms. The van der Waals surface area contributed by atoms with Crippen molar-refractivity contribution in [3.63, 3.8) is 0 Å². The number of carboxylic acids is 1. The van der Waals surface area contributed by atoms with E-state index in [4.69, 9.17) is 16.7 Å². The van der Waals surface area contributed by atoms with Gasteiger partial charge in [0.15, 0.2) is 0 Å². The lowest BCUT2D eigenvalue weighted by Gasteiger charge is -2.17. The molecule has 134 valence electrons. The van der Waals surface area contributed by atoms with E-state index in [2.05, 4.69) is 5.10 Å². The highest BCUT2D eigenvalue weighted by atomic mass is 35.5. The molecule has 0 fully saturated rings. The molecule has 6 nitrogen and oxygen atoms in total. The first kappa shape index (κ1) is 19.0. The summed E-state index contributed by atoms with van der Waals surface area (Å²) < 4.78 is 1.77. The molecule has 0 bridgehead atoms. The Morgan fingerprint density at radius 2 is 1.96 bits per heavy atom. The highest BCUT2D eigenvalue weighted by Crippen LogP contribution is 2.20. The molecule has 1 N–H and O–H groups in total. The molecule has 2 rings (SSSR count). The minimum absolute atomic E-state index is 0.0430. The van der Waals surface area contributed by atoms with Crippen LogP contribution >= 0.6 is 11.6 Å². The molecule has 0 atom stereocenters. The summed E-state index contributed by atoms with van der Waals surface area (Å²) in [4.78, 5) is 24.8. The lowest BCUT2D eigenvalue weighted by molar-refractivity contribution is -0.137. The number of rotatable bonds is 7. The van der Waals surface area contributed by atoms with Gasteiger partial charge in [-0.05, 0) is 31.9 Å². The summed E-state index contributed by atoms with van der Waals surface area (Å²) in [5.41, 5.74) is 2.92. The van der Waals surface area contributed by atoms with Gasteiger partial charge < -0.3 is 10.0 Å². The van der Waals surface area contributed by atoms with Crippen LogP contribution in [0.3, 0.4) is 0 Å². The van der Waals surface area contributed by atoms with E-state index in [1.165, 1.54) is 0 Å². The number of amides is 1. The Morgan fingerprint density at radius 3 is 2.60 bits per heavy atom. The van der Waals surface area contributed by atoms with Crippen LogP contribution in [0.15, 0.2) is 24.3 Å². The van der Waals surface area contributed by atoms with Gasteiger partial charge in [-0.25, -0.2) is 0 Å². The third-order valence-corrected chi connectivity index (χ3v) is 4.47. The SMILES string of the molecule is Cc1nn(Cc2ccccc2Cl)c(C)c1C(=O)N(C)CCCC(=O)O. The van der Waals surface area contributed by atoms with E-state index in [1.54, 1.807) is 23.6 Å². The summed E-state index contributed by atoms with van der Waals surface area (Å²) in [5, 5.41) is 13.8. The minimum atomic E-state index is -0.860. The molecule has 0 spiro atoms. The number of carbonyl (C=O) groups excluding carboxylic acids is 1. The average Bonchev–Trinajstić information content (AvgIpc) is 2.82. The van der Waals surface area contributed by atoms with Crippen LogP contribution in [0.5, 0.6) is 0 Å². The fourth-order valence-electron chi connectivity index (χ4n) is 2.71. The number of aliphatic carboxylic acids is 1. The number of hydrogen-bond acceptors (Lipinski definition) is 3. The topological polar surface area (TPSA) is 75.4 Å². The maximum Gasteiger partial charge on any atom is 0.303 e. The van der Waals surface area contributed by atoms with Gasteiger partial charge >= 0.3 is 5.97 Å². The second-order valence-corrected chi connectivity index (χ2v) is 6.43. The van der Waals surface area contributed by atoms with Crippen LogP contribution in [0.25, 0.3) is 0 Å². The number of carboxylic acid groups (broad SMARTS) is 1. The van der Waals surface area contributed by atoms with Crippen molar-refractivity contribution in [3.8, 4) is 0 Å². The first-order valence-corrected chi connectivity index (χ1v) is 8.43. The molecule has 1 amide bonds. The number of nitrogens with zero attached hydrogens (tertiary/aromatic N) is 3. The van der Waals surface area contributed by atoms with E-state index < -0.39 is 5.97 Å². The van der Waals surface area contributed by atoms with Gasteiger partial charge in [0.1, 0.15) is 0 Å². The molecule has 0 aliphatic heterocycles. The molecule has 1 heterocycles. The van der Waals surface area contributed by atoms with Crippen molar-refractivity contribution in [2.24, 2.45) is 0 Å². The lowest BCUT2D eigenvalue weighted by atomic mass is 10.1. The molecule has 0 saturated heterocycles. The number of benzene rings is 1. The van der Waals surface area contributed by atoms with Crippen molar-refractivity contribution < 1.29 is 14.7 Å². The highest BCUT2D eigenvalue weighted by Gasteiger charge is 2.22. The smallest absolute Gasteiger partial charge is 0.303 e. The van der Waals surface area contributed by atoms with Crippen molar-refractivity contribution in [2.75, 3.05) is 13.6 Å². The molecule has 0 unspecified atom stereocenters. The summed E-state index contributed by atoms with van der Waals surface area (Å²) in [5.74, 6) is -1.01. The predicted octanol–water partition coefficient (Wildman–Crippen LogP) is 3.14. The molecular weight excluding hydrogens is 342 g/mol. The fraction of sp³-hybridized carbons (Fsp3) is 0.389. The third-order valence-electron chi connectivity index (χ3n) is 4.10. The molecular formula is C18H22ClN3O3. The number of carbonyl (C=O) groups is 2. The van der Waals surface area contributed by atoms with E-state index in [0.29, 0.717) is 35.8 Å². The van der Waals surface area contributed by atoms with Crippen LogP contribution in [0.1, 0.15) is 40.2 Å². The van der Waals surface area contributed by atoms with E-state index >= 15 is 0 Å². The van der Waals surface area contributed by atoms with Gasteiger partial charge in [0, 0.05) is 30.7 Å². The summed E-state index contributed by atoms with van der Waals surface area (Å²) in [6.45, 7) is 4.53. The molecule has 2 aromatic rings. The summed E-state index contributed by atoms with van der Waals surface area (Å²) >= 11 is 6.20. The second-order valence-electron chi connectivity index (χ2n) is 6.02. The number of halogens is 1. The summed E-state index contributed by atoms with van der Waals surface area (Å²) in [7, 11) is 1.68. The molecule has 1 aromatic heterocycles. The quantitative estimate of drug-likeness (QED) is 0.820. The van der Waals surface area contributed by atoms with Gasteiger partial charge in [-0.2, -0.15) is 5.10 Å².